The highest BCUT2D eigenvalue weighted by atomic mass is 19.1. The number of benzene rings is 2. The molecule has 120 valence electrons. The number of rotatable bonds is 3. The van der Waals surface area contributed by atoms with E-state index in [-0.39, 0.29) is 5.56 Å². The van der Waals surface area contributed by atoms with E-state index in [0.717, 1.165) is 43.8 Å². The van der Waals surface area contributed by atoms with Crippen LogP contribution in [0.3, 0.4) is 0 Å². The molecule has 23 heavy (non-hydrogen) atoms. The van der Waals surface area contributed by atoms with E-state index in [4.69, 9.17) is 0 Å². The lowest BCUT2D eigenvalue weighted by atomic mass is 10.1. The zero-order chi connectivity index (χ0) is 16.2. The largest absolute Gasteiger partial charge is 0.370 e. The molecule has 0 unspecified atom stereocenters. The molecule has 1 aliphatic rings. The Hall–Kier alpha value is -2.43. The number of amides is 1. The van der Waals surface area contributed by atoms with E-state index < -0.39 is 17.5 Å². The first-order valence-electron chi connectivity index (χ1n) is 7.75. The van der Waals surface area contributed by atoms with Crippen molar-refractivity contribution >= 4 is 17.3 Å². The van der Waals surface area contributed by atoms with Crippen LogP contribution in [-0.4, -0.2) is 19.0 Å². The van der Waals surface area contributed by atoms with Gasteiger partial charge in [0.25, 0.3) is 5.91 Å². The zero-order valence-electron chi connectivity index (χ0n) is 12.7. The first kappa shape index (κ1) is 15.5. The maximum Gasteiger partial charge on any atom is 0.258 e. The molecule has 0 spiro atoms. The molecule has 3 rings (SSSR count). The molecule has 0 atom stereocenters. The summed E-state index contributed by atoms with van der Waals surface area (Å²) >= 11 is 0. The Bertz CT molecular complexity index is 712. The van der Waals surface area contributed by atoms with Gasteiger partial charge in [0.15, 0.2) is 0 Å². The number of carbonyl (C=O) groups is 1. The standard InChI is InChI=1S/C18H18F2N2O/c19-13-8-9-14(15(20)12-13)18(23)21-16-6-2-3-7-17(16)22-10-4-1-5-11-22/h2-3,6-9,12H,1,4-5,10-11H2,(H,21,23). The topological polar surface area (TPSA) is 32.3 Å². The van der Waals surface area contributed by atoms with Crippen molar-refractivity contribution in [2.75, 3.05) is 23.3 Å². The average molecular weight is 316 g/mol. The minimum atomic E-state index is -0.863. The van der Waals surface area contributed by atoms with Gasteiger partial charge < -0.3 is 10.2 Å². The summed E-state index contributed by atoms with van der Waals surface area (Å²) in [5, 5.41) is 2.74. The molecule has 2 aromatic carbocycles. The molecule has 1 fully saturated rings. The number of para-hydroxylation sites is 2. The van der Waals surface area contributed by atoms with Gasteiger partial charge in [-0.05, 0) is 43.5 Å². The molecule has 0 aromatic heterocycles. The minimum absolute atomic E-state index is 0.167. The number of hydrogen-bond donors (Lipinski definition) is 1. The fourth-order valence-electron chi connectivity index (χ4n) is 2.85. The number of hydrogen-bond acceptors (Lipinski definition) is 2. The van der Waals surface area contributed by atoms with Gasteiger partial charge in [-0.3, -0.25) is 4.79 Å². The van der Waals surface area contributed by atoms with Crippen LogP contribution in [0.2, 0.25) is 0 Å². The predicted molar refractivity (Wildman–Crippen MR) is 86.8 cm³/mol. The van der Waals surface area contributed by atoms with E-state index in [2.05, 4.69) is 10.2 Å². The van der Waals surface area contributed by atoms with E-state index in [1.807, 2.05) is 18.2 Å². The van der Waals surface area contributed by atoms with Crippen LogP contribution in [0.4, 0.5) is 20.2 Å². The van der Waals surface area contributed by atoms with Crippen LogP contribution in [0.25, 0.3) is 0 Å². The quantitative estimate of drug-likeness (QED) is 0.920. The van der Waals surface area contributed by atoms with Crippen molar-refractivity contribution < 1.29 is 13.6 Å². The molecule has 0 saturated carbocycles. The molecular formula is C18H18F2N2O. The molecule has 1 N–H and O–H groups in total. The zero-order valence-corrected chi connectivity index (χ0v) is 12.7. The molecule has 3 nitrogen and oxygen atoms in total. The van der Waals surface area contributed by atoms with Gasteiger partial charge in [-0.2, -0.15) is 0 Å². The molecule has 0 radical (unpaired) electrons. The third-order valence-corrected chi connectivity index (χ3v) is 4.02. The number of halogens is 2. The Morgan fingerprint density at radius 2 is 1.74 bits per heavy atom. The first-order valence-corrected chi connectivity index (χ1v) is 7.75. The molecule has 0 bridgehead atoms. The summed E-state index contributed by atoms with van der Waals surface area (Å²) in [4.78, 5) is 14.5. The Morgan fingerprint density at radius 1 is 1.00 bits per heavy atom. The van der Waals surface area contributed by atoms with E-state index in [1.165, 1.54) is 6.42 Å². The Morgan fingerprint density at radius 3 is 2.48 bits per heavy atom. The second kappa shape index (κ2) is 6.77. The second-order valence-corrected chi connectivity index (χ2v) is 5.64. The Kier molecular flexibility index (Phi) is 4.55. The molecule has 5 heteroatoms. The van der Waals surface area contributed by atoms with Crippen molar-refractivity contribution in [3.63, 3.8) is 0 Å². The van der Waals surface area contributed by atoms with Crippen LogP contribution in [0.5, 0.6) is 0 Å². The van der Waals surface area contributed by atoms with Crippen LogP contribution in [0.15, 0.2) is 42.5 Å². The van der Waals surface area contributed by atoms with Gasteiger partial charge in [-0.1, -0.05) is 12.1 Å². The third-order valence-electron chi connectivity index (χ3n) is 4.02. The number of nitrogens with zero attached hydrogens (tertiary/aromatic N) is 1. The van der Waals surface area contributed by atoms with Gasteiger partial charge in [0.2, 0.25) is 0 Å². The van der Waals surface area contributed by atoms with E-state index in [0.29, 0.717) is 11.8 Å². The lowest BCUT2D eigenvalue weighted by Gasteiger charge is -2.30. The minimum Gasteiger partial charge on any atom is -0.370 e. The van der Waals surface area contributed by atoms with Gasteiger partial charge in [0.05, 0.1) is 16.9 Å². The summed E-state index contributed by atoms with van der Waals surface area (Å²) in [6.07, 6.45) is 3.45. The van der Waals surface area contributed by atoms with Gasteiger partial charge >= 0.3 is 0 Å². The maximum atomic E-state index is 13.7. The highest BCUT2D eigenvalue weighted by Crippen LogP contribution is 2.28. The molecule has 1 amide bonds. The summed E-state index contributed by atoms with van der Waals surface area (Å²) in [5.41, 5.74) is 1.41. The van der Waals surface area contributed by atoms with Crippen LogP contribution in [0.1, 0.15) is 29.6 Å². The van der Waals surface area contributed by atoms with Crippen LogP contribution < -0.4 is 10.2 Å². The van der Waals surface area contributed by atoms with Gasteiger partial charge in [0.1, 0.15) is 11.6 Å². The molecule has 1 aliphatic heterocycles. The van der Waals surface area contributed by atoms with Crippen molar-refractivity contribution in [2.24, 2.45) is 0 Å². The summed E-state index contributed by atoms with van der Waals surface area (Å²) < 4.78 is 26.7. The highest BCUT2D eigenvalue weighted by Gasteiger charge is 2.17. The van der Waals surface area contributed by atoms with E-state index >= 15 is 0 Å². The van der Waals surface area contributed by atoms with Crippen molar-refractivity contribution in [1.82, 2.24) is 0 Å². The predicted octanol–water partition coefficient (Wildman–Crippen LogP) is 4.21. The summed E-state index contributed by atoms with van der Waals surface area (Å²) in [7, 11) is 0. The molecule has 0 aliphatic carbocycles. The highest BCUT2D eigenvalue weighted by molar-refractivity contribution is 6.06. The maximum absolute atomic E-state index is 13.7. The van der Waals surface area contributed by atoms with Gasteiger partial charge in [-0.25, -0.2) is 8.78 Å². The lowest BCUT2D eigenvalue weighted by Crippen LogP contribution is -2.30. The van der Waals surface area contributed by atoms with Crippen molar-refractivity contribution in [1.29, 1.82) is 0 Å². The second-order valence-electron chi connectivity index (χ2n) is 5.64. The number of carbonyl (C=O) groups excluding carboxylic acids is 1. The fourth-order valence-corrected chi connectivity index (χ4v) is 2.85. The summed E-state index contributed by atoms with van der Waals surface area (Å²) in [6.45, 7) is 1.88. The van der Waals surface area contributed by atoms with Gasteiger partial charge in [-0.15, -0.1) is 0 Å². The van der Waals surface area contributed by atoms with Crippen LogP contribution in [0, 0.1) is 11.6 Å². The molecular weight excluding hydrogens is 298 g/mol. The number of nitrogens with one attached hydrogen (secondary N) is 1. The van der Waals surface area contributed by atoms with Crippen molar-refractivity contribution in [3.8, 4) is 0 Å². The van der Waals surface area contributed by atoms with Gasteiger partial charge in [0, 0.05) is 19.2 Å². The molecule has 2 aromatic rings. The Labute approximate surface area is 133 Å². The normalized spacial score (nSPS) is 14.6. The van der Waals surface area contributed by atoms with Crippen molar-refractivity contribution in [3.05, 3.63) is 59.7 Å². The molecule has 1 saturated heterocycles. The summed E-state index contributed by atoms with van der Waals surface area (Å²) in [6, 6.07) is 10.4. The summed E-state index contributed by atoms with van der Waals surface area (Å²) in [5.74, 6) is -2.14. The smallest absolute Gasteiger partial charge is 0.258 e. The van der Waals surface area contributed by atoms with E-state index in [1.54, 1.807) is 6.07 Å². The van der Waals surface area contributed by atoms with Crippen LogP contribution >= 0.6 is 0 Å². The van der Waals surface area contributed by atoms with Crippen molar-refractivity contribution in [2.45, 2.75) is 19.3 Å². The monoisotopic (exact) mass is 316 g/mol. The first-order chi connectivity index (χ1) is 11.1. The molecule has 1 heterocycles. The Balaban J connectivity index is 1.83. The third kappa shape index (κ3) is 3.50. The lowest BCUT2D eigenvalue weighted by molar-refractivity contribution is 0.102. The average Bonchev–Trinajstić information content (AvgIpc) is 2.56. The number of piperidine rings is 1. The fraction of sp³-hybridized carbons (Fsp3) is 0.278. The SMILES string of the molecule is O=C(Nc1ccccc1N1CCCCC1)c1ccc(F)cc1F. The number of anilines is 2. The van der Waals surface area contributed by atoms with Crippen LogP contribution in [-0.2, 0) is 0 Å². The van der Waals surface area contributed by atoms with E-state index in [9.17, 15) is 13.6 Å².